The normalized spacial score (nSPS) is 14.0. The number of anilines is 1. The van der Waals surface area contributed by atoms with Gasteiger partial charge in [0.25, 0.3) is 0 Å². The van der Waals surface area contributed by atoms with Gasteiger partial charge in [-0.2, -0.15) is 0 Å². The number of hydrogen-bond acceptors (Lipinski definition) is 3. The summed E-state index contributed by atoms with van der Waals surface area (Å²) in [6, 6.07) is 8.00. The zero-order valence-corrected chi connectivity index (χ0v) is 20.6. The smallest absolute Gasteiger partial charge is 0.149 e. The molecule has 3 rings (SSSR count). The summed E-state index contributed by atoms with van der Waals surface area (Å²) in [4.78, 5) is 8.88. The molecule has 1 unspecified atom stereocenters. The number of benzene rings is 1. The first-order chi connectivity index (χ1) is 15.6. The van der Waals surface area contributed by atoms with Crippen molar-refractivity contribution in [2.75, 3.05) is 5.73 Å². The van der Waals surface area contributed by atoms with Crippen molar-refractivity contribution in [2.24, 2.45) is 5.92 Å². The Labute approximate surface area is 196 Å². The summed E-state index contributed by atoms with van der Waals surface area (Å²) in [5, 5.41) is 0. The lowest BCUT2D eigenvalue weighted by Crippen LogP contribution is -2.04. The molecule has 0 aliphatic carbocycles. The molecule has 0 spiro atoms. The maximum atomic E-state index is 15.8. The molecule has 3 aromatic rings. The molecule has 0 radical (unpaired) electrons. The molecule has 0 aliphatic rings. The van der Waals surface area contributed by atoms with Gasteiger partial charge in [0.05, 0.1) is 5.69 Å². The van der Waals surface area contributed by atoms with E-state index in [1.54, 1.807) is 6.20 Å². The summed E-state index contributed by atoms with van der Waals surface area (Å²) in [5.41, 5.74) is 11.9. The number of halogens is 1. The molecule has 0 saturated heterocycles. The Balaban J connectivity index is 1.98. The second-order valence-corrected chi connectivity index (χ2v) is 9.25. The molecule has 4 nitrogen and oxygen atoms in total. The molecule has 0 fully saturated rings. The number of aryl methyl sites for hydroxylation is 2. The molecule has 2 heterocycles. The highest BCUT2D eigenvalue weighted by Crippen LogP contribution is 2.34. The molecule has 1 atom stereocenters. The Morgan fingerprint density at radius 1 is 1.21 bits per heavy atom. The number of imidazole rings is 1. The molecule has 33 heavy (non-hydrogen) atoms. The van der Waals surface area contributed by atoms with Crippen LogP contribution in [0.25, 0.3) is 11.1 Å². The number of nitrogen functional groups attached to an aromatic ring is 1. The molecule has 0 amide bonds. The summed E-state index contributed by atoms with van der Waals surface area (Å²) < 4.78 is 17.8. The molecular formula is C28H35FN4. The fourth-order valence-electron chi connectivity index (χ4n) is 4.15. The van der Waals surface area contributed by atoms with E-state index in [-0.39, 0.29) is 11.7 Å². The minimum atomic E-state index is -0.170. The molecule has 2 aromatic heterocycles. The van der Waals surface area contributed by atoms with Crippen LogP contribution in [0.15, 0.2) is 66.3 Å². The molecule has 174 valence electrons. The number of hydrogen-bond donors (Lipinski definition) is 1. The SMILES string of the molecule is C=C(/C=C(C)\C(F)=C(/CCC(C)C)c1ccccc1C)C(C)c1nc(C)c2c(N)nccn12. The van der Waals surface area contributed by atoms with E-state index in [1.165, 1.54) is 0 Å². The van der Waals surface area contributed by atoms with Crippen LogP contribution in [-0.2, 0) is 0 Å². The van der Waals surface area contributed by atoms with E-state index in [0.29, 0.717) is 23.7 Å². The van der Waals surface area contributed by atoms with Crippen LogP contribution in [0.3, 0.4) is 0 Å². The zero-order valence-electron chi connectivity index (χ0n) is 20.6. The van der Waals surface area contributed by atoms with E-state index in [1.807, 2.05) is 68.6 Å². The number of aromatic nitrogens is 3. The third-order valence-corrected chi connectivity index (χ3v) is 6.18. The predicted octanol–water partition coefficient (Wildman–Crippen LogP) is 7.35. The number of rotatable bonds is 8. The standard InChI is InChI=1S/C28H35FN4/c1-17(2)12-13-24(23-11-9-8-10-18(23)3)25(29)20(5)16-19(4)21(6)28-32-22(7)26-27(30)31-14-15-33(26)28/h8-11,14-17,21H,4,12-13H2,1-3,5-7H3,(H2,30,31)/b20-16-,25-24-. The summed E-state index contributed by atoms with van der Waals surface area (Å²) in [6.07, 6.45) is 6.97. The van der Waals surface area contributed by atoms with Gasteiger partial charge in [-0.15, -0.1) is 0 Å². The first-order valence-corrected chi connectivity index (χ1v) is 11.5. The van der Waals surface area contributed by atoms with Gasteiger partial charge in [-0.25, -0.2) is 14.4 Å². The van der Waals surface area contributed by atoms with Crippen molar-refractivity contribution in [3.8, 4) is 0 Å². The number of nitrogens with two attached hydrogens (primary N) is 1. The van der Waals surface area contributed by atoms with Gasteiger partial charge in [-0.3, -0.25) is 4.40 Å². The first-order valence-electron chi connectivity index (χ1n) is 11.5. The maximum absolute atomic E-state index is 15.8. The monoisotopic (exact) mass is 446 g/mol. The van der Waals surface area contributed by atoms with Crippen LogP contribution in [0, 0.1) is 19.8 Å². The molecule has 0 aliphatic heterocycles. The maximum Gasteiger partial charge on any atom is 0.149 e. The first kappa shape index (κ1) is 24.4. The quantitative estimate of drug-likeness (QED) is 0.368. The van der Waals surface area contributed by atoms with Gasteiger partial charge in [0.15, 0.2) is 0 Å². The second kappa shape index (κ2) is 10.2. The van der Waals surface area contributed by atoms with Crippen LogP contribution in [0.4, 0.5) is 10.2 Å². The summed E-state index contributed by atoms with van der Waals surface area (Å²) in [7, 11) is 0. The van der Waals surface area contributed by atoms with Gasteiger partial charge in [-0.05, 0) is 67.4 Å². The highest BCUT2D eigenvalue weighted by atomic mass is 19.1. The highest BCUT2D eigenvalue weighted by Gasteiger charge is 2.19. The molecular weight excluding hydrogens is 411 g/mol. The summed E-state index contributed by atoms with van der Waals surface area (Å²) in [5.74, 6) is 1.47. The topological polar surface area (TPSA) is 56.2 Å². The number of allylic oxidation sites excluding steroid dienone is 5. The van der Waals surface area contributed by atoms with Crippen LogP contribution in [0.1, 0.15) is 69.1 Å². The molecule has 0 saturated carbocycles. The van der Waals surface area contributed by atoms with Gasteiger partial charge in [-0.1, -0.05) is 57.7 Å². The average Bonchev–Trinajstić information content (AvgIpc) is 3.11. The van der Waals surface area contributed by atoms with Gasteiger partial charge >= 0.3 is 0 Å². The van der Waals surface area contributed by atoms with Crippen LogP contribution in [-0.4, -0.2) is 14.4 Å². The van der Waals surface area contributed by atoms with E-state index < -0.39 is 0 Å². The van der Waals surface area contributed by atoms with Gasteiger partial charge < -0.3 is 5.73 Å². The van der Waals surface area contributed by atoms with E-state index in [2.05, 4.69) is 25.4 Å². The molecule has 5 heteroatoms. The van der Waals surface area contributed by atoms with E-state index in [9.17, 15) is 0 Å². The lowest BCUT2D eigenvalue weighted by Gasteiger charge is -2.16. The van der Waals surface area contributed by atoms with Crippen LogP contribution in [0.5, 0.6) is 0 Å². The lowest BCUT2D eigenvalue weighted by atomic mass is 9.91. The highest BCUT2D eigenvalue weighted by molar-refractivity contribution is 5.73. The lowest BCUT2D eigenvalue weighted by molar-refractivity contribution is 0.588. The molecule has 1 aromatic carbocycles. The number of fused-ring (bicyclic) bond motifs is 1. The van der Waals surface area contributed by atoms with E-state index in [4.69, 9.17) is 10.7 Å². The Hall–Kier alpha value is -3.21. The Morgan fingerprint density at radius 2 is 1.91 bits per heavy atom. The van der Waals surface area contributed by atoms with Crippen LogP contribution >= 0.6 is 0 Å². The van der Waals surface area contributed by atoms with E-state index >= 15 is 4.39 Å². The van der Waals surface area contributed by atoms with Crippen molar-refractivity contribution in [1.29, 1.82) is 0 Å². The molecule has 2 N–H and O–H groups in total. The Morgan fingerprint density at radius 3 is 2.58 bits per heavy atom. The third kappa shape index (κ3) is 5.24. The zero-order chi connectivity index (χ0) is 24.3. The molecule has 0 bridgehead atoms. The largest absolute Gasteiger partial charge is 0.382 e. The van der Waals surface area contributed by atoms with Crippen molar-refractivity contribution < 1.29 is 4.39 Å². The predicted molar refractivity (Wildman–Crippen MR) is 137 cm³/mol. The minimum Gasteiger partial charge on any atom is -0.382 e. The fourth-order valence-corrected chi connectivity index (χ4v) is 4.15. The van der Waals surface area contributed by atoms with Crippen molar-refractivity contribution in [3.05, 3.63) is 88.9 Å². The van der Waals surface area contributed by atoms with Gasteiger partial charge in [0.1, 0.15) is 23.0 Å². The average molecular weight is 447 g/mol. The Kier molecular flexibility index (Phi) is 7.52. The summed E-state index contributed by atoms with van der Waals surface area (Å²) >= 11 is 0. The fraction of sp³-hybridized carbons (Fsp3) is 0.357. The Bertz CT molecular complexity index is 1230. The third-order valence-electron chi connectivity index (χ3n) is 6.18. The summed E-state index contributed by atoms with van der Waals surface area (Å²) in [6.45, 7) is 16.4. The van der Waals surface area contributed by atoms with Gasteiger partial charge in [0.2, 0.25) is 0 Å². The second-order valence-electron chi connectivity index (χ2n) is 9.25. The van der Waals surface area contributed by atoms with Gasteiger partial charge in [0, 0.05) is 18.3 Å². The van der Waals surface area contributed by atoms with Crippen molar-refractivity contribution in [1.82, 2.24) is 14.4 Å². The number of nitrogens with zero attached hydrogens (tertiary/aromatic N) is 3. The van der Waals surface area contributed by atoms with Crippen LogP contribution < -0.4 is 5.73 Å². The minimum absolute atomic E-state index is 0.117. The van der Waals surface area contributed by atoms with Crippen molar-refractivity contribution in [2.45, 2.75) is 60.3 Å². The van der Waals surface area contributed by atoms with Crippen molar-refractivity contribution >= 4 is 16.9 Å². The van der Waals surface area contributed by atoms with Crippen molar-refractivity contribution in [3.63, 3.8) is 0 Å². The van der Waals surface area contributed by atoms with E-state index in [0.717, 1.165) is 45.7 Å². The van der Waals surface area contributed by atoms with Crippen LogP contribution in [0.2, 0.25) is 0 Å².